The number of carbonyl (C=O) groups is 1. The molecule has 1 N–H and O–H groups in total. The van der Waals surface area contributed by atoms with Gasteiger partial charge in [-0.25, -0.2) is 4.79 Å². The highest BCUT2D eigenvalue weighted by Crippen LogP contribution is 2.28. The Morgan fingerprint density at radius 3 is 2.50 bits per heavy atom. The Kier molecular flexibility index (Phi) is 4.83. The van der Waals surface area contributed by atoms with Crippen LogP contribution in [0, 0.1) is 6.92 Å². The first kappa shape index (κ1) is 17.4. The molecule has 3 aromatic rings. The fourth-order valence-corrected chi connectivity index (χ4v) is 2.64. The van der Waals surface area contributed by atoms with Crippen LogP contribution in [0.2, 0.25) is 0 Å². The molecule has 1 aromatic heterocycles. The van der Waals surface area contributed by atoms with Gasteiger partial charge in [0.2, 0.25) is 5.82 Å². The fourth-order valence-electron chi connectivity index (χ4n) is 2.64. The lowest BCUT2D eigenvalue weighted by Gasteiger charge is -2.09. The fraction of sp³-hybridized carbons (Fsp3) is 0.222. The van der Waals surface area contributed by atoms with E-state index in [0.717, 1.165) is 11.3 Å². The van der Waals surface area contributed by atoms with Crippen molar-refractivity contribution < 1.29 is 19.4 Å². The molecule has 8 nitrogen and oxygen atoms in total. The number of rotatable bonds is 6. The van der Waals surface area contributed by atoms with Gasteiger partial charge in [0.1, 0.15) is 17.1 Å². The van der Waals surface area contributed by atoms with Crippen molar-refractivity contribution in [2.75, 3.05) is 14.2 Å². The Labute approximate surface area is 150 Å². The molecule has 0 radical (unpaired) electrons. The van der Waals surface area contributed by atoms with E-state index < -0.39 is 5.97 Å². The van der Waals surface area contributed by atoms with Gasteiger partial charge in [-0.05, 0) is 47.5 Å². The molecule has 0 saturated carbocycles. The van der Waals surface area contributed by atoms with Gasteiger partial charge in [0.25, 0.3) is 0 Å². The number of aromatic carboxylic acids is 1. The lowest BCUT2D eigenvalue weighted by molar-refractivity contribution is 0.0692. The maximum Gasteiger partial charge on any atom is 0.339 e. The van der Waals surface area contributed by atoms with Crippen molar-refractivity contribution in [2.24, 2.45) is 0 Å². The summed E-state index contributed by atoms with van der Waals surface area (Å²) < 4.78 is 10.3. The summed E-state index contributed by atoms with van der Waals surface area (Å²) in [5.41, 5.74) is 2.34. The number of benzene rings is 2. The smallest absolute Gasteiger partial charge is 0.339 e. The van der Waals surface area contributed by atoms with Gasteiger partial charge in [-0.2, -0.15) is 4.80 Å². The molecule has 26 heavy (non-hydrogen) atoms. The molecular formula is C18H18N4O4. The van der Waals surface area contributed by atoms with E-state index in [9.17, 15) is 9.90 Å². The van der Waals surface area contributed by atoms with Crippen molar-refractivity contribution in [1.82, 2.24) is 20.2 Å². The van der Waals surface area contributed by atoms with Crippen molar-refractivity contribution in [1.29, 1.82) is 0 Å². The Bertz CT molecular complexity index is 935. The highest BCUT2D eigenvalue weighted by molar-refractivity contribution is 5.93. The molecular weight excluding hydrogens is 336 g/mol. The van der Waals surface area contributed by atoms with Gasteiger partial charge in [-0.15, -0.1) is 10.2 Å². The van der Waals surface area contributed by atoms with Gasteiger partial charge in [0, 0.05) is 5.56 Å². The van der Waals surface area contributed by atoms with Crippen LogP contribution in [0.3, 0.4) is 0 Å². The quantitative estimate of drug-likeness (QED) is 0.725. The van der Waals surface area contributed by atoms with Crippen LogP contribution in [0.4, 0.5) is 0 Å². The number of carboxylic acids is 1. The monoisotopic (exact) mass is 354 g/mol. The number of hydrogen-bond acceptors (Lipinski definition) is 6. The third-order valence-electron chi connectivity index (χ3n) is 3.93. The number of tetrazole rings is 1. The SMILES string of the molecule is COc1ccc(Cn2nnc(-c3cc(C)c(C(=O)O)c(OC)c3)n2)cc1. The van der Waals surface area contributed by atoms with E-state index in [4.69, 9.17) is 9.47 Å². The number of carboxylic acid groups (broad SMARTS) is 1. The summed E-state index contributed by atoms with van der Waals surface area (Å²) in [7, 11) is 3.05. The Morgan fingerprint density at radius 2 is 1.88 bits per heavy atom. The van der Waals surface area contributed by atoms with Crippen molar-refractivity contribution in [3.05, 3.63) is 53.1 Å². The number of nitrogens with zero attached hydrogens (tertiary/aromatic N) is 4. The van der Waals surface area contributed by atoms with Crippen molar-refractivity contribution in [2.45, 2.75) is 13.5 Å². The van der Waals surface area contributed by atoms with Gasteiger partial charge < -0.3 is 14.6 Å². The minimum absolute atomic E-state index is 0.127. The van der Waals surface area contributed by atoms with Crippen LogP contribution in [0.1, 0.15) is 21.5 Å². The van der Waals surface area contributed by atoms with Gasteiger partial charge >= 0.3 is 5.97 Å². The van der Waals surface area contributed by atoms with E-state index in [-0.39, 0.29) is 11.3 Å². The van der Waals surface area contributed by atoms with Crippen LogP contribution in [-0.2, 0) is 6.54 Å². The van der Waals surface area contributed by atoms with E-state index >= 15 is 0 Å². The van der Waals surface area contributed by atoms with Gasteiger partial charge in [0.05, 0.1) is 20.8 Å². The molecule has 0 spiro atoms. The van der Waals surface area contributed by atoms with Crippen LogP contribution < -0.4 is 9.47 Å². The summed E-state index contributed by atoms with van der Waals surface area (Å²) in [6.45, 7) is 2.16. The second-order valence-corrected chi connectivity index (χ2v) is 5.67. The van der Waals surface area contributed by atoms with E-state index in [1.165, 1.54) is 11.9 Å². The Morgan fingerprint density at radius 1 is 1.15 bits per heavy atom. The Balaban J connectivity index is 1.87. The summed E-state index contributed by atoms with van der Waals surface area (Å²) in [5.74, 6) is 0.403. The minimum atomic E-state index is -1.04. The summed E-state index contributed by atoms with van der Waals surface area (Å²) in [6.07, 6.45) is 0. The summed E-state index contributed by atoms with van der Waals surface area (Å²) >= 11 is 0. The molecule has 0 aliphatic heterocycles. The molecule has 0 saturated heterocycles. The zero-order chi connectivity index (χ0) is 18.7. The molecule has 2 aromatic carbocycles. The molecule has 3 rings (SSSR count). The molecule has 0 unspecified atom stereocenters. The normalized spacial score (nSPS) is 10.6. The van der Waals surface area contributed by atoms with Crippen LogP contribution in [0.25, 0.3) is 11.4 Å². The average molecular weight is 354 g/mol. The second kappa shape index (κ2) is 7.22. The van der Waals surface area contributed by atoms with Gasteiger partial charge in [-0.1, -0.05) is 12.1 Å². The molecule has 0 bridgehead atoms. The topological polar surface area (TPSA) is 99.4 Å². The zero-order valence-corrected chi connectivity index (χ0v) is 14.6. The summed E-state index contributed by atoms with van der Waals surface area (Å²) in [6, 6.07) is 10.9. The molecule has 8 heteroatoms. The van der Waals surface area contributed by atoms with Crippen LogP contribution in [0.15, 0.2) is 36.4 Å². The third-order valence-corrected chi connectivity index (χ3v) is 3.93. The van der Waals surface area contributed by atoms with Crippen molar-refractivity contribution >= 4 is 5.97 Å². The number of ether oxygens (including phenoxy) is 2. The highest BCUT2D eigenvalue weighted by Gasteiger charge is 2.18. The minimum Gasteiger partial charge on any atom is -0.497 e. The Hall–Kier alpha value is -3.42. The second-order valence-electron chi connectivity index (χ2n) is 5.67. The molecule has 0 amide bonds. The number of hydrogen-bond donors (Lipinski definition) is 1. The van der Waals surface area contributed by atoms with Crippen molar-refractivity contribution in [3.63, 3.8) is 0 Å². The molecule has 0 fully saturated rings. The predicted molar refractivity (Wildman–Crippen MR) is 93.6 cm³/mol. The van der Waals surface area contributed by atoms with E-state index in [0.29, 0.717) is 23.5 Å². The summed E-state index contributed by atoms with van der Waals surface area (Å²) in [5, 5.41) is 21.8. The first-order valence-electron chi connectivity index (χ1n) is 7.85. The van der Waals surface area contributed by atoms with Gasteiger partial charge in [-0.3, -0.25) is 0 Å². The highest BCUT2D eigenvalue weighted by atomic mass is 16.5. The molecule has 1 heterocycles. The first-order valence-corrected chi connectivity index (χ1v) is 7.85. The predicted octanol–water partition coefficient (Wildman–Crippen LogP) is 2.41. The van der Waals surface area contributed by atoms with Crippen molar-refractivity contribution in [3.8, 4) is 22.9 Å². The molecule has 0 aliphatic rings. The number of aryl methyl sites for hydroxylation is 1. The average Bonchev–Trinajstić information content (AvgIpc) is 3.09. The lowest BCUT2D eigenvalue weighted by Crippen LogP contribution is -2.05. The number of aromatic nitrogens is 4. The van der Waals surface area contributed by atoms with E-state index in [1.54, 1.807) is 26.2 Å². The van der Waals surface area contributed by atoms with Gasteiger partial charge in [0.15, 0.2) is 0 Å². The van der Waals surface area contributed by atoms with Crippen LogP contribution in [0.5, 0.6) is 11.5 Å². The largest absolute Gasteiger partial charge is 0.497 e. The molecule has 134 valence electrons. The third kappa shape index (κ3) is 3.49. The van der Waals surface area contributed by atoms with Crippen LogP contribution >= 0.6 is 0 Å². The maximum atomic E-state index is 11.4. The lowest BCUT2D eigenvalue weighted by atomic mass is 10.0. The molecule has 0 aliphatic carbocycles. The molecule has 0 atom stereocenters. The first-order chi connectivity index (χ1) is 12.5. The summed E-state index contributed by atoms with van der Waals surface area (Å²) in [4.78, 5) is 12.8. The maximum absolute atomic E-state index is 11.4. The zero-order valence-electron chi connectivity index (χ0n) is 14.6. The van der Waals surface area contributed by atoms with E-state index in [2.05, 4.69) is 15.4 Å². The number of methoxy groups -OCH3 is 2. The van der Waals surface area contributed by atoms with Crippen LogP contribution in [-0.4, -0.2) is 45.5 Å². The van der Waals surface area contributed by atoms with E-state index in [1.807, 2.05) is 24.3 Å². The standard InChI is InChI=1S/C18H18N4O4/c1-11-8-13(9-15(26-3)16(11)18(23)24)17-19-21-22(20-17)10-12-4-6-14(25-2)7-5-12/h4-9H,10H2,1-3H3,(H,23,24).